The monoisotopic (exact) mass is 218 g/mol. The van der Waals surface area contributed by atoms with Crippen LogP contribution in [0.25, 0.3) is 10.8 Å². The highest BCUT2D eigenvalue weighted by Crippen LogP contribution is 2.22. The van der Waals surface area contributed by atoms with E-state index in [-0.39, 0.29) is 16.8 Å². The van der Waals surface area contributed by atoms with Gasteiger partial charge >= 0.3 is 5.97 Å². The molecule has 80 valence electrons. The number of nitrogens with zero attached hydrogens (tertiary/aromatic N) is 2. The Kier molecular flexibility index (Phi) is 2.24. The van der Waals surface area contributed by atoms with E-state index in [0.29, 0.717) is 5.39 Å². The maximum absolute atomic E-state index is 10.9. The highest BCUT2D eigenvalue weighted by molar-refractivity contribution is 6.02. The van der Waals surface area contributed by atoms with Crippen LogP contribution in [0.1, 0.15) is 10.5 Å². The number of fused-ring (bicyclic) bond motifs is 1. The van der Waals surface area contributed by atoms with Gasteiger partial charge in [-0.2, -0.15) is 0 Å². The van der Waals surface area contributed by atoms with Gasteiger partial charge in [-0.05, 0) is 17.5 Å². The molecular formula is C10H6N2O4. The molecule has 0 saturated heterocycles. The molecule has 16 heavy (non-hydrogen) atoms. The van der Waals surface area contributed by atoms with Crippen LogP contribution in [0.3, 0.4) is 0 Å². The number of aromatic carboxylic acids is 1. The van der Waals surface area contributed by atoms with Crippen LogP contribution in [0.2, 0.25) is 0 Å². The molecule has 2 aromatic rings. The first kappa shape index (κ1) is 10.0. The lowest BCUT2D eigenvalue weighted by Crippen LogP contribution is -2.01. The van der Waals surface area contributed by atoms with Crippen LogP contribution in [0, 0.1) is 10.1 Å². The summed E-state index contributed by atoms with van der Waals surface area (Å²) < 4.78 is 0. The molecule has 1 N–H and O–H groups in total. The molecule has 0 aliphatic heterocycles. The predicted octanol–water partition coefficient (Wildman–Crippen LogP) is 1.84. The Morgan fingerprint density at radius 1 is 1.38 bits per heavy atom. The number of aromatic nitrogens is 1. The van der Waals surface area contributed by atoms with E-state index in [9.17, 15) is 14.9 Å². The largest absolute Gasteiger partial charge is 0.476 e. The molecule has 1 aromatic carbocycles. The van der Waals surface area contributed by atoms with Gasteiger partial charge in [-0.1, -0.05) is 0 Å². The molecule has 0 saturated carbocycles. The summed E-state index contributed by atoms with van der Waals surface area (Å²) >= 11 is 0. The van der Waals surface area contributed by atoms with Crippen molar-refractivity contribution in [1.29, 1.82) is 0 Å². The fraction of sp³-hybridized carbons (Fsp3) is 0. The number of pyridine rings is 1. The third-order valence-corrected chi connectivity index (χ3v) is 2.16. The number of rotatable bonds is 2. The molecule has 0 aliphatic carbocycles. The van der Waals surface area contributed by atoms with Crippen LogP contribution in [0.4, 0.5) is 5.69 Å². The molecule has 6 heteroatoms. The second kappa shape index (κ2) is 3.58. The van der Waals surface area contributed by atoms with Crippen molar-refractivity contribution in [2.75, 3.05) is 0 Å². The minimum atomic E-state index is -1.20. The molecule has 0 radical (unpaired) electrons. The smallest absolute Gasteiger partial charge is 0.355 e. The van der Waals surface area contributed by atoms with Crippen molar-refractivity contribution in [1.82, 2.24) is 4.98 Å². The lowest BCUT2D eigenvalue weighted by atomic mass is 10.1. The SMILES string of the molecule is O=C(O)c1nccc2ccc([N+](=O)[O-])cc12. The molecule has 0 unspecified atom stereocenters. The van der Waals surface area contributed by atoms with E-state index in [4.69, 9.17) is 5.11 Å². The second-order valence-corrected chi connectivity index (χ2v) is 3.13. The van der Waals surface area contributed by atoms with E-state index in [1.54, 1.807) is 6.07 Å². The molecule has 1 heterocycles. The number of nitro benzene ring substituents is 1. The fourth-order valence-corrected chi connectivity index (χ4v) is 1.44. The Morgan fingerprint density at radius 3 is 2.75 bits per heavy atom. The normalized spacial score (nSPS) is 10.2. The molecule has 0 aliphatic rings. The van der Waals surface area contributed by atoms with Crippen LogP contribution in [0.15, 0.2) is 30.5 Å². The average Bonchev–Trinajstić information content (AvgIpc) is 2.27. The summed E-state index contributed by atoms with van der Waals surface area (Å²) in [5.41, 5.74) is -0.329. The minimum absolute atomic E-state index is 0.150. The highest BCUT2D eigenvalue weighted by atomic mass is 16.6. The molecule has 2 rings (SSSR count). The lowest BCUT2D eigenvalue weighted by Gasteiger charge is -2.00. The number of non-ortho nitro benzene ring substituents is 1. The van der Waals surface area contributed by atoms with Crippen molar-refractivity contribution in [3.05, 3.63) is 46.3 Å². The van der Waals surface area contributed by atoms with Crippen LogP contribution < -0.4 is 0 Å². The van der Waals surface area contributed by atoms with Gasteiger partial charge in [0.25, 0.3) is 5.69 Å². The molecule has 1 aromatic heterocycles. The van der Waals surface area contributed by atoms with Crippen molar-refractivity contribution in [2.45, 2.75) is 0 Å². The van der Waals surface area contributed by atoms with E-state index in [1.807, 2.05) is 0 Å². The number of hydrogen-bond donors (Lipinski definition) is 1. The van der Waals surface area contributed by atoms with Crippen molar-refractivity contribution in [2.24, 2.45) is 0 Å². The van der Waals surface area contributed by atoms with Gasteiger partial charge in [0.15, 0.2) is 5.69 Å². The van der Waals surface area contributed by atoms with Gasteiger partial charge in [0.05, 0.1) is 4.92 Å². The number of benzene rings is 1. The number of carboxylic acids is 1. The third kappa shape index (κ3) is 1.56. The van der Waals surface area contributed by atoms with Crippen LogP contribution in [-0.4, -0.2) is 21.0 Å². The van der Waals surface area contributed by atoms with Gasteiger partial charge < -0.3 is 5.11 Å². The first-order valence-electron chi connectivity index (χ1n) is 4.36. The molecule has 0 fully saturated rings. The van der Waals surface area contributed by atoms with E-state index in [2.05, 4.69) is 4.98 Å². The van der Waals surface area contributed by atoms with Gasteiger partial charge in [-0.15, -0.1) is 0 Å². The van der Waals surface area contributed by atoms with Crippen LogP contribution in [0.5, 0.6) is 0 Å². The minimum Gasteiger partial charge on any atom is -0.476 e. The van der Waals surface area contributed by atoms with E-state index in [1.165, 1.54) is 24.4 Å². The highest BCUT2D eigenvalue weighted by Gasteiger charge is 2.13. The second-order valence-electron chi connectivity index (χ2n) is 3.13. The zero-order valence-electron chi connectivity index (χ0n) is 7.95. The summed E-state index contributed by atoms with van der Waals surface area (Å²) in [5, 5.41) is 20.3. The van der Waals surface area contributed by atoms with E-state index >= 15 is 0 Å². The van der Waals surface area contributed by atoms with Gasteiger partial charge in [0.1, 0.15) is 0 Å². The Labute approximate surface area is 89.3 Å². The lowest BCUT2D eigenvalue weighted by molar-refractivity contribution is -0.384. The number of nitro groups is 1. The average molecular weight is 218 g/mol. The van der Waals surface area contributed by atoms with Crippen molar-refractivity contribution < 1.29 is 14.8 Å². The quantitative estimate of drug-likeness (QED) is 0.613. The molecule has 0 spiro atoms. The van der Waals surface area contributed by atoms with E-state index in [0.717, 1.165) is 0 Å². The standard InChI is InChI=1S/C10H6N2O4/c13-10(14)9-8-5-7(12(15)16)2-1-6(8)3-4-11-9/h1-5H,(H,13,14). The van der Waals surface area contributed by atoms with Crippen molar-refractivity contribution in [3.8, 4) is 0 Å². The Balaban J connectivity index is 2.78. The topological polar surface area (TPSA) is 93.3 Å². The summed E-state index contributed by atoms with van der Waals surface area (Å²) in [6, 6.07) is 5.65. The number of hydrogen-bond acceptors (Lipinski definition) is 4. The molecule has 0 amide bonds. The van der Waals surface area contributed by atoms with E-state index < -0.39 is 10.9 Å². The summed E-state index contributed by atoms with van der Waals surface area (Å²) in [6.07, 6.45) is 1.36. The predicted molar refractivity (Wildman–Crippen MR) is 55.4 cm³/mol. The van der Waals surface area contributed by atoms with Crippen molar-refractivity contribution in [3.63, 3.8) is 0 Å². The number of carbonyl (C=O) groups is 1. The number of carboxylic acid groups (broad SMARTS) is 1. The summed E-state index contributed by atoms with van der Waals surface area (Å²) in [7, 11) is 0. The fourth-order valence-electron chi connectivity index (χ4n) is 1.44. The summed E-state index contributed by atoms with van der Waals surface area (Å²) in [6.45, 7) is 0. The first-order valence-corrected chi connectivity index (χ1v) is 4.36. The Hall–Kier alpha value is -2.50. The maximum Gasteiger partial charge on any atom is 0.355 e. The van der Waals surface area contributed by atoms with Gasteiger partial charge in [0.2, 0.25) is 0 Å². The molecule has 0 bridgehead atoms. The van der Waals surface area contributed by atoms with Gasteiger partial charge in [-0.3, -0.25) is 10.1 Å². The van der Waals surface area contributed by atoms with Crippen molar-refractivity contribution >= 4 is 22.4 Å². The first-order chi connectivity index (χ1) is 7.59. The molecular weight excluding hydrogens is 212 g/mol. The summed E-state index contributed by atoms with van der Waals surface area (Å²) in [4.78, 5) is 24.5. The van der Waals surface area contributed by atoms with Gasteiger partial charge in [0, 0.05) is 23.7 Å². The summed E-state index contributed by atoms with van der Waals surface area (Å²) in [5.74, 6) is -1.20. The van der Waals surface area contributed by atoms with Crippen LogP contribution in [-0.2, 0) is 0 Å². The third-order valence-electron chi connectivity index (χ3n) is 2.16. The zero-order chi connectivity index (χ0) is 11.7. The Bertz CT molecular complexity index is 594. The van der Waals surface area contributed by atoms with Crippen LogP contribution >= 0.6 is 0 Å². The zero-order valence-corrected chi connectivity index (χ0v) is 7.95. The maximum atomic E-state index is 10.9. The molecule has 0 atom stereocenters. The van der Waals surface area contributed by atoms with Gasteiger partial charge in [-0.25, -0.2) is 9.78 Å². The Morgan fingerprint density at radius 2 is 2.12 bits per heavy atom. The molecule has 6 nitrogen and oxygen atoms in total.